The Kier molecular flexibility index (Phi) is 7.06. The summed E-state index contributed by atoms with van der Waals surface area (Å²) in [4.78, 5) is 34.4. The summed E-state index contributed by atoms with van der Waals surface area (Å²) in [6.45, 7) is 1.63. The van der Waals surface area contributed by atoms with Gasteiger partial charge in [-0.15, -0.1) is 0 Å². The van der Waals surface area contributed by atoms with Crippen LogP contribution >= 0.6 is 0 Å². The van der Waals surface area contributed by atoms with Crippen LogP contribution < -0.4 is 10.2 Å². The molecular formula is C27H23F5N4O3. The van der Waals surface area contributed by atoms with Crippen LogP contribution in [-0.2, 0) is 15.7 Å². The highest BCUT2D eigenvalue weighted by molar-refractivity contribution is 6.04. The van der Waals surface area contributed by atoms with Gasteiger partial charge in [-0.2, -0.15) is 13.2 Å². The van der Waals surface area contributed by atoms with Crippen molar-refractivity contribution in [2.75, 3.05) is 30.0 Å². The van der Waals surface area contributed by atoms with Crippen molar-refractivity contribution in [3.8, 4) is 11.1 Å². The van der Waals surface area contributed by atoms with Gasteiger partial charge in [0.25, 0.3) is 12.3 Å². The van der Waals surface area contributed by atoms with Crippen molar-refractivity contribution in [3.05, 3.63) is 71.2 Å². The summed E-state index contributed by atoms with van der Waals surface area (Å²) in [5.74, 6) is -1.80. The Hall–Kier alpha value is -3.93. The Morgan fingerprint density at radius 1 is 1.15 bits per heavy atom. The number of fused-ring (bicyclic) bond motifs is 3. The van der Waals surface area contributed by atoms with Crippen molar-refractivity contribution < 1.29 is 36.3 Å². The minimum absolute atomic E-state index is 0.137. The lowest BCUT2D eigenvalue weighted by Gasteiger charge is -2.40. The van der Waals surface area contributed by atoms with Crippen molar-refractivity contribution in [2.45, 2.75) is 31.9 Å². The Morgan fingerprint density at radius 2 is 1.95 bits per heavy atom. The summed E-state index contributed by atoms with van der Waals surface area (Å²) in [6.07, 6.45) is -4.48. The molecule has 4 heterocycles. The highest BCUT2D eigenvalue weighted by Gasteiger charge is 2.43. The molecule has 2 atom stereocenters. The van der Waals surface area contributed by atoms with Crippen molar-refractivity contribution in [1.29, 1.82) is 0 Å². The maximum absolute atomic E-state index is 13.3. The molecule has 2 aromatic heterocycles. The first-order chi connectivity index (χ1) is 18.5. The molecule has 0 saturated carbocycles. The number of hydrogen-bond acceptors (Lipinski definition) is 5. The van der Waals surface area contributed by atoms with Crippen LogP contribution in [0.15, 0.2) is 48.8 Å². The summed E-state index contributed by atoms with van der Waals surface area (Å²) >= 11 is 0. The number of aromatic nitrogens is 2. The zero-order valence-electron chi connectivity index (χ0n) is 20.6. The second-order valence-electron chi connectivity index (χ2n) is 9.46. The molecule has 0 spiro atoms. The van der Waals surface area contributed by atoms with Gasteiger partial charge in [-0.05, 0) is 60.4 Å². The topological polar surface area (TPSA) is 84.4 Å². The van der Waals surface area contributed by atoms with Crippen LogP contribution in [0, 0.1) is 12.8 Å². The van der Waals surface area contributed by atoms with Gasteiger partial charge in [-0.1, -0.05) is 6.07 Å². The largest absolute Gasteiger partial charge is 0.433 e. The van der Waals surface area contributed by atoms with Crippen molar-refractivity contribution in [1.82, 2.24) is 9.97 Å². The predicted octanol–water partition coefficient (Wildman–Crippen LogP) is 5.45. The van der Waals surface area contributed by atoms with Crippen LogP contribution in [0.1, 0.15) is 39.5 Å². The third-order valence-electron chi connectivity index (χ3n) is 6.93. The van der Waals surface area contributed by atoms with E-state index in [-0.39, 0.29) is 23.9 Å². The summed E-state index contributed by atoms with van der Waals surface area (Å²) in [7, 11) is 0. The number of amides is 2. The average molecular weight is 546 g/mol. The summed E-state index contributed by atoms with van der Waals surface area (Å²) in [5.41, 5.74) is 1.76. The molecule has 1 fully saturated rings. The number of hydrogen-bond donors (Lipinski definition) is 1. The van der Waals surface area contributed by atoms with Crippen LogP contribution in [0.4, 0.5) is 33.5 Å². The molecule has 7 nitrogen and oxygen atoms in total. The number of aryl methyl sites for hydroxylation is 1. The number of pyridine rings is 2. The van der Waals surface area contributed by atoms with E-state index in [0.717, 1.165) is 16.7 Å². The average Bonchev–Trinajstić information content (AvgIpc) is 2.91. The van der Waals surface area contributed by atoms with Crippen LogP contribution in [-0.4, -0.2) is 48.0 Å². The lowest BCUT2D eigenvalue weighted by Crippen LogP contribution is -2.49. The first-order valence-corrected chi connectivity index (χ1v) is 12.2. The number of carbonyl (C=O) groups excluding carboxylic acids is 2. The normalized spacial score (nSPS) is 19.1. The van der Waals surface area contributed by atoms with E-state index in [2.05, 4.69) is 15.3 Å². The first-order valence-electron chi connectivity index (χ1n) is 12.2. The van der Waals surface area contributed by atoms with Gasteiger partial charge in [0.1, 0.15) is 11.5 Å². The number of nitrogens with zero attached hydrogens (tertiary/aromatic N) is 3. The van der Waals surface area contributed by atoms with Gasteiger partial charge in [0.05, 0.1) is 19.1 Å². The Labute approximate surface area is 220 Å². The van der Waals surface area contributed by atoms with Gasteiger partial charge < -0.3 is 10.1 Å². The fraction of sp³-hybridized carbons (Fsp3) is 0.333. The maximum atomic E-state index is 13.3. The molecule has 0 unspecified atom stereocenters. The second-order valence-corrected chi connectivity index (χ2v) is 9.46. The molecule has 2 aliphatic rings. The summed E-state index contributed by atoms with van der Waals surface area (Å²) in [5, 5.41) is 2.61. The number of benzene rings is 1. The Morgan fingerprint density at radius 3 is 2.69 bits per heavy atom. The standard InChI is InChI=1S/C27H23F5N4O3/c1-14-2-3-17(35-25(37)15-4-6-33-22(9-15)27(30,31)32)10-19(14)16-8-20-18-5-7-39-13-21(18)26(38)36(12-23(28)29)24(20)34-11-16/h2-4,6,8-11,18,21,23H,5,7,12-13H2,1H3,(H,35,37)/t18-,21+/m0/s1. The molecule has 12 heteroatoms. The Balaban J connectivity index is 1.47. The summed E-state index contributed by atoms with van der Waals surface area (Å²) in [6, 6.07) is 8.70. The summed E-state index contributed by atoms with van der Waals surface area (Å²) < 4.78 is 71.1. The van der Waals surface area contributed by atoms with Crippen LogP contribution in [0.25, 0.3) is 11.1 Å². The number of halogens is 5. The number of anilines is 2. The molecule has 0 radical (unpaired) electrons. The molecule has 0 bridgehead atoms. The van der Waals surface area contributed by atoms with E-state index in [0.29, 0.717) is 41.5 Å². The zero-order valence-corrected chi connectivity index (χ0v) is 20.6. The quantitative estimate of drug-likeness (QED) is 0.430. The molecule has 1 N–H and O–H groups in total. The van der Waals surface area contributed by atoms with Crippen LogP contribution in [0.3, 0.4) is 0 Å². The Bertz CT molecular complexity index is 1430. The molecule has 1 aromatic carbocycles. The second kappa shape index (κ2) is 10.3. The van der Waals surface area contributed by atoms with E-state index in [4.69, 9.17) is 4.74 Å². The van der Waals surface area contributed by atoms with E-state index < -0.39 is 42.6 Å². The molecule has 3 aromatic rings. The van der Waals surface area contributed by atoms with Gasteiger partial charge in [0.15, 0.2) is 0 Å². The van der Waals surface area contributed by atoms with Crippen LogP contribution in [0.2, 0.25) is 0 Å². The monoisotopic (exact) mass is 546 g/mol. The smallest absolute Gasteiger partial charge is 0.381 e. The van der Waals surface area contributed by atoms with E-state index in [1.54, 1.807) is 18.2 Å². The van der Waals surface area contributed by atoms with E-state index in [1.165, 1.54) is 12.3 Å². The predicted molar refractivity (Wildman–Crippen MR) is 132 cm³/mol. The van der Waals surface area contributed by atoms with Gasteiger partial charge in [0, 0.05) is 41.7 Å². The van der Waals surface area contributed by atoms with Gasteiger partial charge in [0.2, 0.25) is 5.91 Å². The molecule has 2 amide bonds. The van der Waals surface area contributed by atoms with E-state index >= 15 is 0 Å². The number of nitrogens with one attached hydrogen (secondary N) is 1. The first kappa shape index (κ1) is 26.7. The fourth-order valence-electron chi connectivity index (χ4n) is 5.03. The minimum Gasteiger partial charge on any atom is -0.381 e. The minimum atomic E-state index is -4.69. The fourth-order valence-corrected chi connectivity index (χ4v) is 5.03. The van der Waals surface area contributed by atoms with Gasteiger partial charge in [-0.3, -0.25) is 19.5 Å². The molecule has 5 rings (SSSR count). The molecule has 204 valence electrons. The van der Waals surface area contributed by atoms with Crippen molar-refractivity contribution >= 4 is 23.3 Å². The van der Waals surface area contributed by atoms with Crippen molar-refractivity contribution in [2.24, 2.45) is 5.92 Å². The van der Waals surface area contributed by atoms with Crippen molar-refractivity contribution in [3.63, 3.8) is 0 Å². The third kappa shape index (κ3) is 5.33. The number of carbonyl (C=O) groups is 2. The van der Waals surface area contributed by atoms with E-state index in [1.807, 2.05) is 13.0 Å². The van der Waals surface area contributed by atoms with Gasteiger partial charge in [-0.25, -0.2) is 13.8 Å². The SMILES string of the molecule is Cc1ccc(NC(=O)c2ccnc(C(F)(F)F)c2)cc1-c1cnc2c(c1)[C@@H]1CCOC[C@H]1C(=O)N2CC(F)F. The van der Waals surface area contributed by atoms with Gasteiger partial charge >= 0.3 is 6.18 Å². The highest BCUT2D eigenvalue weighted by Crippen LogP contribution is 2.44. The number of ether oxygens (including phenoxy) is 1. The molecule has 0 aliphatic carbocycles. The zero-order chi connectivity index (χ0) is 27.9. The lowest BCUT2D eigenvalue weighted by molar-refractivity contribution is -0.141. The molecule has 39 heavy (non-hydrogen) atoms. The number of alkyl halides is 5. The molecule has 1 saturated heterocycles. The third-order valence-corrected chi connectivity index (χ3v) is 6.93. The molecular weight excluding hydrogens is 523 g/mol. The maximum Gasteiger partial charge on any atom is 0.433 e. The van der Waals surface area contributed by atoms with Crippen LogP contribution in [0.5, 0.6) is 0 Å². The molecule has 2 aliphatic heterocycles. The lowest BCUT2D eigenvalue weighted by atomic mass is 9.78. The number of rotatable bonds is 5. The highest BCUT2D eigenvalue weighted by atomic mass is 19.4. The van der Waals surface area contributed by atoms with E-state index in [9.17, 15) is 31.5 Å².